The van der Waals surface area contributed by atoms with E-state index in [-0.39, 0.29) is 11.3 Å². The molecule has 0 aromatic heterocycles. The summed E-state index contributed by atoms with van der Waals surface area (Å²) in [7, 11) is 0. The van der Waals surface area contributed by atoms with Crippen LogP contribution in [0, 0.1) is 16.7 Å². The van der Waals surface area contributed by atoms with Crippen molar-refractivity contribution in [2.24, 2.45) is 11.1 Å². The Hall–Kier alpha value is -1.86. The molecular formula is C16H23N3O. The average molecular weight is 273 g/mol. The molecule has 4 heteroatoms. The van der Waals surface area contributed by atoms with E-state index in [1.54, 1.807) is 24.3 Å². The van der Waals surface area contributed by atoms with Crippen molar-refractivity contribution in [3.63, 3.8) is 0 Å². The Morgan fingerprint density at radius 3 is 2.40 bits per heavy atom. The van der Waals surface area contributed by atoms with E-state index < -0.39 is 0 Å². The Labute approximate surface area is 121 Å². The number of amides is 1. The van der Waals surface area contributed by atoms with Crippen molar-refractivity contribution < 1.29 is 4.79 Å². The van der Waals surface area contributed by atoms with Crippen LogP contribution in [0.5, 0.6) is 0 Å². The lowest BCUT2D eigenvalue weighted by Gasteiger charge is -2.31. The van der Waals surface area contributed by atoms with Gasteiger partial charge in [0.1, 0.15) is 0 Å². The molecule has 1 rings (SSSR count). The molecule has 0 heterocycles. The van der Waals surface area contributed by atoms with Gasteiger partial charge in [-0.05, 0) is 42.6 Å². The van der Waals surface area contributed by atoms with Gasteiger partial charge in [0.2, 0.25) is 0 Å². The average Bonchev–Trinajstić information content (AvgIpc) is 2.46. The fraction of sp³-hybridized carbons (Fsp3) is 0.500. The number of hydrogen-bond donors (Lipinski definition) is 1. The van der Waals surface area contributed by atoms with E-state index in [0.29, 0.717) is 30.8 Å². The molecule has 1 aromatic carbocycles. The van der Waals surface area contributed by atoms with Crippen LogP contribution in [0.4, 0.5) is 0 Å². The highest BCUT2D eigenvalue weighted by molar-refractivity contribution is 5.94. The summed E-state index contributed by atoms with van der Waals surface area (Å²) in [5.74, 6) is -0.00198. The third-order valence-corrected chi connectivity index (χ3v) is 3.21. The zero-order valence-corrected chi connectivity index (χ0v) is 12.5. The zero-order chi connectivity index (χ0) is 15.2. The van der Waals surface area contributed by atoms with Crippen molar-refractivity contribution >= 4 is 5.91 Å². The number of carbonyl (C=O) groups excluding carboxylic acids is 1. The lowest BCUT2D eigenvalue weighted by atomic mass is 9.92. The summed E-state index contributed by atoms with van der Waals surface area (Å²) in [6, 6.07) is 8.81. The Bertz CT molecular complexity index is 485. The Morgan fingerprint density at radius 2 is 1.95 bits per heavy atom. The molecule has 0 fully saturated rings. The molecule has 1 amide bonds. The predicted octanol–water partition coefficient (Wildman–Crippen LogP) is 2.40. The molecule has 1 aromatic rings. The summed E-state index contributed by atoms with van der Waals surface area (Å²) in [6.45, 7) is 8.05. The molecule has 20 heavy (non-hydrogen) atoms. The van der Waals surface area contributed by atoms with E-state index in [1.165, 1.54) is 0 Å². The predicted molar refractivity (Wildman–Crippen MR) is 80.2 cm³/mol. The normalized spacial score (nSPS) is 10.9. The van der Waals surface area contributed by atoms with E-state index >= 15 is 0 Å². The molecule has 0 aliphatic rings. The molecule has 0 spiro atoms. The summed E-state index contributed by atoms with van der Waals surface area (Å²) in [5, 5.41) is 8.79. The van der Waals surface area contributed by atoms with Crippen LogP contribution in [0.3, 0.4) is 0 Å². The maximum Gasteiger partial charge on any atom is 0.253 e. The highest BCUT2D eigenvalue weighted by Gasteiger charge is 2.24. The number of hydrogen-bond acceptors (Lipinski definition) is 3. The van der Waals surface area contributed by atoms with Crippen LogP contribution >= 0.6 is 0 Å². The number of rotatable bonds is 6. The van der Waals surface area contributed by atoms with Gasteiger partial charge in [-0.1, -0.05) is 20.8 Å². The molecule has 0 aliphatic carbocycles. The van der Waals surface area contributed by atoms with Gasteiger partial charge in [-0.3, -0.25) is 4.79 Å². The zero-order valence-electron chi connectivity index (χ0n) is 12.5. The van der Waals surface area contributed by atoms with Crippen molar-refractivity contribution in [2.45, 2.75) is 27.2 Å². The molecule has 0 unspecified atom stereocenters. The highest BCUT2D eigenvalue weighted by atomic mass is 16.2. The summed E-state index contributed by atoms with van der Waals surface area (Å²) in [4.78, 5) is 14.4. The Balaban J connectivity index is 2.90. The first-order valence-corrected chi connectivity index (χ1v) is 6.93. The van der Waals surface area contributed by atoms with Crippen molar-refractivity contribution in [1.82, 2.24) is 4.90 Å². The van der Waals surface area contributed by atoms with Gasteiger partial charge in [0.05, 0.1) is 11.6 Å². The first-order valence-electron chi connectivity index (χ1n) is 6.93. The number of benzene rings is 1. The number of nitrogens with zero attached hydrogens (tertiary/aromatic N) is 2. The lowest BCUT2D eigenvalue weighted by molar-refractivity contribution is 0.0689. The molecule has 0 saturated carbocycles. The van der Waals surface area contributed by atoms with Crippen molar-refractivity contribution in [3.8, 4) is 6.07 Å². The third-order valence-electron chi connectivity index (χ3n) is 3.21. The molecule has 0 aliphatic heterocycles. The molecule has 0 bridgehead atoms. The standard InChI is InChI=1S/C16H23N3O/c1-4-9-19(12-16(2,3)11-18)15(20)14-7-5-13(10-17)6-8-14/h5-8H,4,9,11-12,18H2,1-3H3. The second kappa shape index (κ2) is 7.06. The molecule has 0 atom stereocenters. The molecular weight excluding hydrogens is 250 g/mol. The van der Waals surface area contributed by atoms with Gasteiger partial charge in [-0.25, -0.2) is 0 Å². The second-order valence-corrected chi connectivity index (χ2v) is 5.78. The van der Waals surface area contributed by atoms with Gasteiger partial charge in [0.25, 0.3) is 5.91 Å². The van der Waals surface area contributed by atoms with Gasteiger partial charge in [0.15, 0.2) is 0 Å². The lowest BCUT2D eigenvalue weighted by Crippen LogP contribution is -2.42. The van der Waals surface area contributed by atoms with Gasteiger partial charge < -0.3 is 10.6 Å². The van der Waals surface area contributed by atoms with Gasteiger partial charge in [0, 0.05) is 18.7 Å². The van der Waals surface area contributed by atoms with E-state index in [0.717, 1.165) is 6.42 Å². The third kappa shape index (κ3) is 4.36. The molecule has 2 N–H and O–H groups in total. The molecule has 0 saturated heterocycles. The topological polar surface area (TPSA) is 70.1 Å². The van der Waals surface area contributed by atoms with Crippen molar-refractivity contribution in [2.75, 3.05) is 19.6 Å². The van der Waals surface area contributed by atoms with Crippen molar-refractivity contribution in [1.29, 1.82) is 5.26 Å². The highest BCUT2D eigenvalue weighted by Crippen LogP contribution is 2.17. The monoisotopic (exact) mass is 273 g/mol. The van der Waals surface area contributed by atoms with E-state index in [4.69, 9.17) is 11.0 Å². The number of carbonyl (C=O) groups is 1. The quantitative estimate of drug-likeness (QED) is 0.865. The van der Waals surface area contributed by atoms with Gasteiger partial charge in [-0.2, -0.15) is 5.26 Å². The minimum Gasteiger partial charge on any atom is -0.338 e. The van der Waals surface area contributed by atoms with Gasteiger partial charge in [-0.15, -0.1) is 0 Å². The smallest absolute Gasteiger partial charge is 0.253 e. The van der Waals surface area contributed by atoms with E-state index in [1.807, 2.05) is 4.90 Å². The van der Waals surface area contributed by atoms with Crippen LogP contribution in [0.2, 0.25) is 0 Å². The minimum absolute atomic E-state index is 0.00198. The summed E-state index contributed by atoms with van der Waals surface area (Å²) in [6.07, 6.45) is 0.905. The van der Waals surface area contributed by atoms with E-state index in [2.05, 4.69) is 26.8 Å². The Kier molecular flexibility index (Phi) is 5.72. The first kappa shape index (κ1) is 16.2. The van der Waals surface area contributed by atoms with Crippen LogP contribution in [-0.2, 0) is 0 Å². The fourth-order valence-corrected chi connectivity index (χ4v) is 1.97. The number of nitrogens with two attached hydrogens (primary N) is 1. The van der Waals surface area contributed by atoms with Crippen LogP contribution in [-0.4, -0.2) is 30.4 Å². The fourth-order valence-electron chi connectivity index (χ4n) is 1.97. The summed E-state index contributed by atoms with van der Waals surface area (Å²) >= 11 is 0. The largest absolute Gasteiger partial charge is 0.338 e. The van der Waals surface area contributed by atoms with Crippen LogP contribution in [0.25, 0.3) is 0 Å². The summed E-state index contributed by atoms with van der Waals surface area (Å²) < 4.78 is 0. The number of nitriles is 1. The second-order valence-electron chi connectivity index (χ2n) is 5.78. The Morgan fingerprint density at radius 1 is 1.35 bits per heavy atom. The summed E-state index contributed by atoms with van der Waals surface area (Å²) in [5.41, 5.74) is 6.83. The molecule has 0 radical (unpaired) electrons. The first-order chi connectivity index (χ1) is 9.43. The van der Waals surface area contributed by atoms with Gasteiger partial charge >= 0.3 is 0 Å². The van der Waals surface area contributed by atoms with E-state index in [9.17, 15) is 4.79 Å². The molecule has 108 valence electrons. The maximum absolute atomic E-state index is 12.5. The SMILES string of the molecule is CCCN(CC(C)(C)CN)C(=O)c1ccc(C#N)cc1. The van der Waals surface area contributed by atoms with Crippen LogP contribution < -0.4 is 5.73 Å². The van der Waals surface area contributed by atoms with Crippen LogP contribution in [0.1, 0.15) is 43.1 Å². The van der Waals surface area contributed by atoms with Crippen molar-refractivity contribution in [3.05, 3.63) is 35.4 Å². The minimum atomic E-state index is -0.0998. The maximum atomic E-state index is 12.5. The van der Waals surface area contributed by atoms with Crippen LogP contribution in [0.15, 0.2) is 24.3 Å². The molecule has 4 nitrogen and oxygen atoms in total.